The van der Waals surface area contributed by atoms with E-state index in [1.807, 2.05) is 68.4 Å². The first kappa shape index (κ1) is 30.1. The third-order valence-electron chi connectivity index (χ3n) is 6.37. The molecule has 214 valence electrons. The molecule has 0 aliphatic rings. The highest BCUT2D eigenvalue weighted by atomic mass is 32.2. The van der Waals surface area contributed by atoms with Gasteiger partial charge < -0.3 is 20.7 Å². The van der Waals surface area contributed by atoms with E-state index in [2.05, 4.69) is 16.0 Å². The highest BCUT2D eigenvalue weighted by Gasteiger charge is 2.20. The van der Waals surface area contributed by atoms with Crippen LogP contribution in [-0.4, -0.2) is 30.1 Å². The van der Waals surface area contributed by atoms with E-state index >= 15 is 0 Å². The lowest BCUT2D eigenvalue weighted by atomic mass is 10.1. The second-order valence-corrected chi connectivity index (χ2v) is 10.7. The number of aryl methyl sites for hydroxylation is 1. The van der Waals surface area contributed by atoms with Crippen LogP contribution < -0.4 is 20.7 Å². The Morgan fingerprint density at radius 2 is 1.60 bits per heavy atom. The van der Waals surface area contributed by atoms with Gasteiger partial charge in [0.25, 0.3) is 11.8 Å². The summed E-state index contributed by atoms with van der Waals surface area (Å²) in [6, 6.07) is 30.8. The smallest absolute Gasteiger partial charge is 0.272 e. The minimum atomic E-state index is -0.492. The normalized spacial score (nSPS) is 11.7. The van der Waals surface area contributed by atoms with Crippen molar-refractivity contribution in [2.24, 2.45) is 0 Å². The van der Waals surface area contributed by atoms with E-state index in [0.29, 0.717) is 29.0 Å². The van der Waals surface area contributed by atoms with E-state index in [1.54, 1.807) is 61.7 Å². The zero-order valence-electron chi connectivity index (χ0n) is 23.7. The Hall–Kier alpha value is -4.82. The van der Waals surface area contributed by atoms with Crippen LogP contribution in [-0.2, 0) is 9.59 Å². The molecule has 3 N–H and O–H groups in total. The van der Waals surface area contributed by atoms with E-state index in [9.17, 15) is 14.4 Å². The number of benzene rings is 4. The lowest BCUT2D eigenvalue weighted by Gasteiger charge is -2.17. The van der Waals surface area contributed by atoms with E-state index in [-0.39, 0.29) is 16.9 Å². The molecule has 0 aliphatic carbocycles. The van der Waals surface area contributed by atoms with Crippen LogP contribution in [0.15, 0.2) is 114 Å². The minimum Gasteiger partial charge on any atom is -0.497 e. The molecule has 0 spiro atoms. The van der Waals surface area contributed by atoms with E-state index in [1.165, 1.54) is 11.8 Å². The van der Waals surface area contributed by atoms with Gasteiger partial charge >= 0.3 is 0 Å². The van der Waals surface area contributed by atoms with Gasteiger partial charge in [0.1, 0.15) is 11.4 Å². The Balaban J connectivity index is 1.52. The fourth-order valence-corrected chi connectivity index (χ4v) is 5.11. The van der Waals surface area contributed by atoms with Crippen LogP contribution in [0.3, 0.4) is 0 Å². The second-order valence-electron chi connectivity index (χ2n) is 9.46. The highest BCUT2D eigenvalue weighted by molar-refractivity contribution is 8.00. The summed E-state index contributed by atoms with van der Waals surface area (Å²) in [5.74, 6) is -0.360. The molecule has 1 unspecified atom stereocenters. The summed E-state index contributed by atoms with van der Waals surface area (Å²) < 4.78 is 5.30. The number of thioether (sulfide) groups is 1. The standard InChI is InChI=1S/C34H33N3O4S/c1-4-31(34(40)36-29-19-9-8-12-23(29)2)42-28-18-11-16-26(22-28)35-33(39)30(21-24-13-10-17-27(20-24)41-3)37-32(38)25-14-6-5-7-15-25/h5-22,31H,4H2,1-3H3,(H,35,39)(H,36,40)(H,37,38)/b30-21-. The van der Waals surface area contributed by atoms with Crippen LogP contribution in [0.2, 0.25) is 0 Å². The lowest BCUT2D eigenvalue weighted by molar-refractivity contribution is -0.116. The molecular formula is C34H33N3O4S. The minimum absolute atomic E-state index is 0.0687. The number of rotatable bonds is 11. The molecule has 0 fully saturated rings. The summed E-state index contributed by atoms with van der Waals surface area (Å²) in [5.41, 5.74) is 3.49. The summed E-state index contributed by atoms with van der Waals surface area (Å²) >= 11 is 1.42. The average molecular weight is 580 g/mol. The number of ether oxygens (including phenoxy) is 1. The maximum Gasteiger partial charge on any atom is 0.272 e. The molecule has 0 aliphatic heterocycles. The molecule has 42 heavy (non-hydrogen) atoms. The molecule has 0 bridgehead atoms. The third-order valence-corrected chi connectivity index (χ3v) is 7.73. The Morgan fingerprint density at radius 1 is 0.857 bits per heavy atom. The highest BCUT2D eigenvalue weighted by Crippen LogP contribution is 2.29. The van der Waals surface area contributed by atoms with Crippen molar-refractivity contribution in [1.29, 1.82) is 0 Å². The fourth-order valence-electron chi connectivity index (χ4n) is 4.10. The predicted molar refractivity (Wildman–Crippen MR) is 170 cm³/mol. The molecule has 4 rings (SSSR count). The van der Waals surface area contributed by atoms with Crippen LogP contribution in [0.5, 0.6) is 5.75 Å². The zero-order valence-corrected chi connectivity index (χ0v) is 24.5. The third kappa shape index (κ3) is 8.34. The molecule has 4 aromatic carbocycles. The van der Waals surface area contributed by atoms with Gasteiger partial charge in [-0.2, -0.15) is 0 Å². The van der Waals surface area contributed by atoms with E-state index in [4.69, 9.17) is 4.74 Å². The quantitative estimate of drug-likeness (QED) is 0.132. The van der Waals surface area contributed by atoms with Crippen molar-refractivity contribution in [3.8, 4) is 5.75 Å². The topological polar surface area (TPSA) is 96.5 Å². The van der Waals surface area contributed by atoms with E-state index < -0.39 is 11.8 Å². The summed E-state index contributed by atoms with van der Waals surface area (Å²) in [6.07, 6.45) is 2.22. The molecule has 1 atom stereocenters. The van der Waals surface area contributed by atoms with Gasteiger partial charge in [0.2, 0.25) is 5.91 Å². The summed E-state index contributed by atoms with van der Waals surface area (Å²) in [5, 5.41) is 8.33. The molecule has 0 saturated heterocycles. The maximum atomic E-state index is 13.5. The molecule has 0 heterocycles. The first-order valence-corrected chi connectivity index (χ1v) is 14.4. The van der Waals surface area contributed by atoms with Crippen LogP contribution in [0.25, 0.3) is 6.08 Å². The average Bonchev–Trinajstić information content (AvgIpc) is 3.01. The van der Waals surface area contributed by atoms with Crippen molar-refractivity contribution in [2.45, 2.75) is 30.4 Å². The summed E-state index contributed by atoms with van der Waals surface area (Å²) in [7, 11) is 1.56. The van der Waals surface area contributed by atoms with Gasteiger partial charge in [-0.1, -0.05) is 61.5 Å². The monoisotopic (exact) mass is 579 g/mol. The van der Waals surface area contributed by atoms with Crippen molar-refractivity contribution in [3.05, 3.63) is 126 Å². The molecule has 0 saturated carbocycles. The molecule has 0 radical (unpaired) electrons. The van der Waals surface area contributed by atoms with Gasteiger partial charge in [0.05, 0.1) is 12.4 Å². The van der Waals surface area contributed by atoms with Crippen molar-refractivity contribution in [3.63, 3.8) is 0 Å². The van der Waals surface area contributed by atoms with Gasteiger partial charge in [0.15, 0.2) is 0 Å². The van der Waals surface area contributed by atoms with Crippen molar-refractivity contribution in [2.75, 3.05) is 17.7 Å². The Labute approximate surface area is 250 Å². The van der Waals surface area contributed by atoms with Gasteiger partial charge in [0, 0.05) is 21.8 Å². The number of anilines is 2. The molecule has 4 aromatic rings. The second kappa shape index (κ2) is 14.7. The Morgan fingerprint density at radius 3 is 2.33 bits per heavy atom. The summed E-state index contributed by atoms with van der Waals surface area (Å²) in [6.45, 7) is 3.92. The number of carbonyl (C=O) groups is 3. The zero-order chi connectivity index (χ0) is 29.9. The van der Waals surface area contributed by atoms with Gasteiger partial charge in [-0.15, -0.1) is 11.8 Å². The van der Waals surface area contributed by atoms with Crippen molar-refractivity contribution in [1.82, 2.24) is 5.32 Å². The van der Waals surface area contributed by atoms with Crippen LogP contribution in [0.4, 0.5) is 11.4 Å². The van der Waals surface area contributed by atoms with Gasteiger partial charge in [-0.3, -0.25) is 14.4 Å². The van der Waals surface area contributed by atoms with Gasteiger partial charge in [-0.05, 0) is 79.1 Å². The predicted octanol–water partition coefficient (Wildman–Crippen LogP) is 6.92. The van der Waals surface area contributed by atoms with Crippen LogP contribution >= 0.6 is 11.8 Å². The fraction of sp³-hybridized carbons (Fsp3) is 0.147. The first-order chi connectivity index (χ1) is 20.4. The molecular weight excluding hydrogens is 546 g/mol. The molecule has 0 aromatic heterocycles. The van der Waals surface area contributed by atoms with E-state index in [0.717, 1.165) is 16.1 Å². The lowest BCUT2D eigenvalue weighted by Crippen LogP contribution is -2.30. The summed E-state index contributed by atoms with van der Waals surface area (Å²) in [4.78, 5) is 40.3. The Bertz CT molecular complexity index is 1590. The SMILES string of the molecule is CCC(Sc1cccc(NC(=O)/C(=C/c2cccc(OC)c2)NC(=O)c2ccccc2)c1)C(=O)Nc1ccccc1C. The molecule has 8 heteroatoms. The van der Waals surface area contributed by atoms with Crippen LogP contribution in [0.1, 0.15) is 34.8 Å². The first-order valence-electron chi connectivity index (χ1n) is 13.5. The molecule has 7 nitrogen and oxygen atoms in total. The Kier molecular flexibility index (Phi) is 10.6. The number of carbonyl (C=O) groups excluding carboxylic acids is 3. The largest absolute Gasteiger partial charge is 0.497 e. The van der Waals surface area contributed by atoms with Crippen molar-refractivity contribution >= 4 is 46.9 Å². The number of hydrogen-bond donors (Lipinski definition) is 3. The van der Waals surface area contributed by atoms with Gasteiger partial charge in [-0.25, -0.2) is 0 Å². The number of hydrogen-bond acceptors (Lipinski definition) is 5. The maximum absolute atomic E-state index is 13.5. The van der Waals surface area contributed by atoms with Crippen LogP contribution in [0, 0.1) is 6.92 Å². The number of amides is 3. The number of methoxy groups -OCH3 is 1. The number of para-hydroxylation sites is 1. The number of nitrogens with one attached hydrogen (secondary N) is 3. The molecule has 3 amide bonds. The van der Waals surface area contributed by atoms with Crippen molar-refractivity contribution < 1.29 is 19.1 Å².